The van der Waals surface area contributed by atoms with Gasteiger partial charge in [-0.05, 0) is 55.8 Å². The van der Waals surface area contributed by atoms with Gasteiger partial charge in [-0.1, -0.05) is 24.3 Å². The predicted octanol–water partition coefficient (Wildman–Crippen LogP) is 4.79. The molecule has 0 saturated carbocycles. The number of nitrogens with zero attached hydrogens (tertiary/aromatic N) is 2. The van der Waals surface area contributed by atoms with Crippen LogP contribution >= 0.6 is 11.8 Å². The molecule has 3 amide bonds. The number of hydrogen-bond acceptors (Lipinski definition) is 5. The van der Waals surface area contributed by atoms with E-state index < -0.39 is 0 Å². The summed E-state index contributed by atoms with van der Waals surface area (Å²) in [5, 5.41) is 2.74. The zero-order valence-corrected chi connectivity index (χ0v) is 20.0. The van der Waals surface area contributed by atoms with Gasteiger partial charge < -0.3 is 19.5 Å². The molecule has 1 saturated heterocycles. The number of hydrogen-bond donors (Lipinski definition) is 1. The molecule has 34 heavy (non-hydrogen) atoms. The molecule has 176 valence electrons. The van der Waals surface area contributed by atoms with Gasteiger partial charge in [0.1, 0.15) is 11.1 Å². The number of amides is 3. The summed E-state index contributed by atoms with van der Waals surface area (Å²) < 4.78 is 5.41. The second-order valence-electron chi connectivity index (χ2n) is 7.86. The smallest absolute Gasteiger partial charge is 0.255 e. The van der Waals surface area contributed by atoms with E-state index in [1.807, 2.05) is 32.0 Å². The third kappa shape index (κ3) is 5.02. The van der Waals surface area contributed by atoms with Crippen LogP contribution in [0.4, 0.5) is 5.69 Å². The van der Waals surface area contributed by atoms with Gasteiger partial charge in [-0.2, -0.15) is 0 Å². The summed E-state index contributed by atoms with van der Waals surface area (Å²) in [6.07, 6.45) is 1.60. The molecule has 8 heteroatoms. The van der Waals surface area contributed by atoms with Crippen LogP contribution in [0, 0.1) is 0 Å². The topological polar surface area (TPSA) is 82.9 Å². The Kier molecular flexibility index (Phi) is 7.37. The van der Waals surface area contributed by atoms with E-state index in [1.165, 1.54) is 0 Å². The molecule has 0 radical (unpaired) electrons. The Morgan fingerprint density at radius 2 is 1.79 bits per heavy atom. The Balaban J connectivity index is 1.48. The molecule has 1 aromatic heterocycles. The van der Waals surface area contributed by atoms with Crippen LogP contribution in [0.3, 0.4) is 0 Å². The monoisotopic (exact) mass is 477 g/mol. The molecular formula is C26H27N3O4S. The van der Waals surface area contributed by atoms with Gasteiger partial charge in [-0.15, -0.1) is 11.8 Å². The molecule has 0 aliphatic carbocycles. The molecule has 0 unspecified atom stereocenters. The van der Waals surface area contributed by atoms with E-state index in [0.717, 1.165) is 11.3 Å². The van der Waals surface area contributed by atoms with Crippen LogP contribution in [-0.2, 0) is 11.3 Å². The Morgan fingerprint density at radius 1 is 1.06 bits per heavy atom. The van der Waals surface area contributed by atoms with Gasteiger partial charge in [0.2, 0.25) is 5.91 Å². The van der Waals surface area contributed by atoms with Crippen molar-refractivity contribution in [2.45, 2.75) is 25.8 Å². The minimum atomic E-state index is -0.297. The van der Waals surface area contributed by atoms with E-state index in [4.69, 9.17) is 4.42 Å². The van der Waals surface area contributed by atoms with E-state index in [2.05, 4.69) is 5.32 Å². The number of para-hydroxylation sites is 1. The van der Waals surface area contributed by atoms with Gasteiger partial charge in [-0.3, -0.25) is 14.4 Å². The lowest BCUT2D eigenvalue weighted by Gasteiger charge is -2.23. The first-order chi connectivity index (χ1) is 16.5. The third-order valence-electron chi connectivity index (χ3n) is 5.79. The summed E-state index contributed by atoms with van der Waals surface area (Å²) in [6, 6.07) is 17.9. The zero-order chi connectivity index (χ0) is 24.1. The molecule has 0 spiro atoms. The van der Waals surface area contributed by atoms with Crippen molar-refractivity contribution in [1.82, 2.24) is 9.80 Å². The summed E-state index contributed by atoms with van der Waals surface area (Å²) in [4.78, 5) is 41.7. The normalized spacial score (nSPS) is 15.4. The fraction of sp³-hybridized carbons (Fsp3) is 0.269. The van der Waals surface area contributed by atoms with Crippen molar-refractivity contribution < 1.29 is 18.8 Å². The van der Waals surface area contributed by atoms with Crippen molar-refractivity contribution in [2.24, 2.45) is 0 Å². The fourth-order valence-corrected chi connectivity index (χ4v) is 5.11. The van der Waals surface area contributed by atoms with Crippen LogP contribution in [0.25, 0.3) is 0 Å². The second-order valence-corrected chi connectivity index (χ2v) is 8.93. The number of rotatable bonds is 8. The van der Waals surface area contributed by atoms with E-state index in [1.54, 1.807) is 70.3 Å². The lowest BCUT2D eigenvalue weighted by atomic mass is 10.1. The highest BCUT2D eigenvalue weighted by Crippen LogP contribution is 2.39. The Morgan fingerprint density at radius 3 is 2.47 bits per heavy atom. The quantitative estimate of drug-likeness (QED) is 0.505. The van der Waals surface area contributed by atoms with Crippen molar-refractivity contribution in [3.05, 3.63) is 89.4 Å². The van der Waals surface area contributed by atoms with Gasteiger partial charge in [0, 0.05) is 18.7 Å². The molecule has 0 bridgehead atoms. The van der Waals surface area contributed by atoms with Crippen LogP contribution in [0.15, 0.2) is 71.3 Å². The maximum Gasteiger partial charge on any atom is 0.255 e. The van der Waals surface area contributed by atoms with Crippen LogP contribution in [0.2, 0.25) is 0 Å². The van der Waals surface area contributed by atoms with Crippen molar-refractivity contribution >= 4 is 35.2 Å². The highest BCUT2D eigenvalue weighted by Gasteiger charge is 2.33. The van der Waals surface area contributed by atoms with Crippen LogP contribution in [-0.4, -0.2) is 46.4 Å². The first-order valence-electron chi connectivity index (χ1n) is 11.2. The average molecular weight is 478 g/mol. The second kappa shape index (κ2) is 10.6. The lowest BCUT2D eigenvalue weighted by Crippen LogP contribution is -2.31. The SMILES string of the molecule is CCN(CC)C(=O)c1ccccc1NC(=O)c1ccc([C@@H]2SCC(=O)N2Cc2ccco2)cc1. The standard InChI is InChI=1S/C26H27N3O4S/c1-3-28(4-2)25(32)21-9-5-6-10-22(21)27-24(31)18-11-13-19(14-12-18)26-29(23(30)17-34-26)16-20-8-7-15-33-20/h5-15,26H,3-4,16-17H2,1-2H3,(H,27,31)/t26-/m0/s1. The summed E-state index contributed by atoms with van der Waals surface area (Å²) in [5.41, 5.74) is 2.36. The lowest BCUT2D eigenvalue weighted by molar-refractivity contribution is -0.128. The maximum atomic E-state index is 12.9. The molecular weight excluding hydrogens is 450 g/mol. The Hall–Kier alpha value is -3.52. The number of anilines is 1. The van der Waals surface area contributed by atoms with Crippen molar-refractivity contribution in [3.63, 3.8) is 0 Å². The zero-order valence-electron chi connectivity index (χ0n) is 19.2. The molecule has 2 aromatic carbocycles. The number of nitrogens with one attached hydrogen (secondary N) is 1. The number of benzene rings is 2. The first kappa shape index (κ1) is 23.6. The minimum absolute atomic E-state index is 0.0581. The molecule has 4 rings (SSSR count). The summed E-state index contributed by atoms with van der Waals surface area (Å²) in [6.45, 7) is 5.45. The number of thioether (sulfide) groups is 1. The highest BCUT2D eigenvalue weighted by molar-refractivity contribution is 8.00. The molecule has 7 nitrogen and oxygen atoms in total. The Labute approximate surface area is 203 Å². The average Bonchev–Trinajstić information content (AvgIpc) is 3.50. The van der Waals surface area contributed by atoms with Gasteiger partial charge in [-0.25, -0.2) is 0 Å². The molecule has 1 aliphatic heterocycles. The van der Waals surface area contributed by atoms with E-state index in [-0.39, 0.29) is 23.1 Å². The van der Waals surface area contributed by atoms with E-state index in [0.29, 0.717) is 42.2 Å². The first-order valence-corrected chi connectivity index (χ1v) is 12.3. The summed E-state index contributed by atoms with van der Waals surface area (Å²) >= 11 is 1.55. The molecule has 1 atom stereocenters. The highest BCUT2D eigenvalue weighted by atomic mass is 32.2. The van der Waals surface area contributed by atoms with Crippen LogP contribution in [0.1, 0.15) is 51.3 Å². The number of carbonyl (C=O) groups excluding carboxylic acids is 3. The summed E-state index contributed by atoms with van der Waals surface area (Å²) in [5.74, 6) is 0.785. The third-order valence-corrected chi connectivity index (χ3v) is 7.04. The number of furan rings is 1. The largest absolute Gasteiger partial charge is 0.467 e. The number of carbonyl (C=O) groups is 3. The van der Waals surface area contributed by atoms with Crippen LogP contribution < -0.4 is 5.32 Å². The summed E-state index contributed by atoms with van der Waals surface area (Å²) in [7, 11) is 0. The van der Waals surface area contributed by atoms with Crippen LogP contribution in [0.5, 0.6) is 0 Å². The maximum absolute atomic E-state index is 12.9. The van der Waals surface area contributed by atoms with Gasteiger partial charge >= 0.3 is 0 Å². The molecule has 2 heterocycles. The van der Waals surface area contributed by atoms with Gasteiger partial charge in [0.05, 0.1) is 29.8 Å². The molecule has 1 fully saturated rings. The Bertz CT molecular complexity index is 1160. The fourth-order valence-electron chi connectivity index (χ4n) is 3.92. The molecule has 1 aliphatic rings. The molecule has 1 N–H and O–H groups in total. The van der Waals surface area contributed by atoms with Crippen molar-refractivity contribution in [2.75, 3.05) is 24.2 Å². The van der Waals surface area contributed by atoms with Gasteiger partial charge in [0.25, 0.3) is 11.8 Å². The van der Waals surface area contributed by atoms with E-state index in [9.17, 15) is 14.4 Å². The predicted molar refractivity (Wildman–Crippen MR) is 133 cm³/mol. The van der Waals surface area contributed by atoms with E-state index >= 15 is 0 Å². The minimum Gasteiger partial charge on any atom is -0.467 e. The van der Waals surface area contributed by atoms with Crippen molar-refractivity contribution in [3.8, 4) is 0 Å². The van der Waals surface area contributed by atoms with Gasteiger partial charge in [0.15, 0.2) is 0 Å². The van der Waals surface area contributed by atoms with Crippen molar-refractivity contribution in [1.29, 1.82) is 0 Å². The molecule has 3 aromatic rings.